The highest BCUT2D eigenvalue weighted by Crippen LogP contribution is 1.93. The maximum atomic E-state index is 10.2. The quantitative estimate of drug-likeness (QED) is 0.377. The predicted molar refractivity (Wildman–Crippen MR) is 47.3 cm³/mol. The molecule has 0 aromatic rings. The SMILES string of the molecule is CC(Cl)/C(N)=N\S(N)(=O)=O.Cl. The molecule has 0 heterocycles. The van der Waals surface area contributed by atoms with Gasteiger partial charge in [-0.15, -0.1) is 28.4 Å². The molecule has 0 bridgehead atoms. The Morgan fingerprint density at radius 2 is 2.00 bits per heavy atom. The second-order valence-electron chi connectivity index (χ2n) is 1.65. The molecule has 0 saturated heterocycles. The van der Waals surface area contributed by atoms with Crippen molar-refractivity contribution in [1.29, 1.82) is 0 Å². The highest BCUT2D eigenvalue weighted by Gasteiger charge is 2.05. The number of amidine groups is 1. The summed E-state index contributed by atoms with van der Waals surface area (Å²) in [6.45, 7) is 1.49. The van der Waals surface area contributed by atoms with Crippen molar-refractivity contribution in [2.24, 2.45) is 15.3 Å². The van der Waals surface area contributed by atoms with Gasteiger partial charge in [0, 0.05) is 0 Å². The van der Waals surface area contributed by atoms with E-state index >= 15 is 0 Å². The van der Waals surface area contributed by atoms with Crippen LogP contribution in [0, 0.1) is 0 Å². The first-order valence-corrected chi connectivity index (χ1v) is 4.29. The molecule has 68 valence electrons. The molecule has 0 radical (unpaired) electrons. The van der Waals surface area contributed by atoms with Crippen molar-refractivity contribution in [2.75, 3.05) is 0 Å². The van der Waals surface area contributed by atoms with Gasteiger partial charge < -0.3 is 5.73 Å². The van der Waals surface area contributed by atoms with Gasteiger partial charge in [-0.2, -0.15) is 8.42 Å². The lowest BCUT2D eigenvalue weighted by molar-refractivity contribution is 0.599. The van der Waals surface area contributed by atoms with E-state index in [9.17, 15) is 8.42 Å². The van der Waals surface area contributed by atoms with E-state index in [4.69, 9.17) is 17.3 Å². The highest BCUT2D eigenvalue weighted by molar-refractivity contribution is 7.88. The van der Waals surface area contributed by atoms with Crippen molar-refractivity contribution in [2.45, 2.75) is 12.3 Å². The number of nitrogens with two attached hydrogens (primary N) is 2. The van der Waals surface area contributed by atoms with Crippen molar-refractivity contribution in [1.82, 2.24) is 0 Å². The molecule has 0 amide bonds. The second kappa shape index (κ2) is 4.76. The van der Waals surface area contributed by atoms with Crippen LogP contribution in [0.4, 0.5) is 0 Å². The van der Waals surface area contributed by atoms with Crippen molar-refractivity contribution >= 4 is 40.1 Å². The molecule has 1 unspecified atom stereocenters. The molecule has 0 rings (SSSR count). The number of alkyl halides is 1. The number of rotatable bonds is 2. The summed E-state index contributed by atoms with van der Waals surface area (Å²) in [5.74, 6) is -0.204. The number of halogens is 2. The van der Waals surface area contributed by atoms with E-state index in [0.29, 0.717) is 0 Å². The average Bonchev–Trinajstić information content (AvgIpc) is 1.60. The first kappa shape index (κ1) is 13.5. The summed E-state index contributed by atoms with van der Waals surface area (Å²) in [5.41, 5.74) is 5.06. The predicted octanol–water partition coefficient (Wildman–Crippen LogP) is -0.404. The summed E-state index contributed by atoms with van der Waals surface area (Å²) in [6, 6.07) is 0. The van der Waals surface area contributed by atoms with E-state index in [1.54, 1.807) is 0 Å². The van der Waals surface area contributed by atoms with E-state index in [1.165, 1.54) is 6.92 Å². The monoisotopic (exact) mass is 221 g/mol. The molecule has 0 aromatic carbocycles. The lowest BCUT2D eigenvalue weighted by Gasteiger charge is -1.98. The van der Waals surface area contributed by atoms with E-state index < -0.39 is 15.6 Å². The molecule has 0 fully saturated rings. The fraction of sp³-hybridized carbons (Fsp3) is 0.667. The van der Waals surface area contributed by atoms with Crippen molar-refractivity contribution in [3.05, 3.63) is 0 Å². The molecule has 11 heavy (non-hydrogen) atoms. The van der Waals surface area contributed by atoms with Gasteiger partial charge in [-0.25, -0.2) is 5.14 Å². The summed E-state index contributed by atoms with van der Waals surface area (Å²) < 4.78 is 23.3. The van der Waals surface area contributed by atoms with Gasteiger partial charge in [0.2, 0.25) is 0 Å². The average molecular weight is 222 g/mol. The van der Waals surface area contributed by atoms with Gasteiger partial charge in [-0.05, 0) is 6.92 Å². The van der Waals surface area contributed by atoms with Crippen LogP contribution in [-0.2, 0) is 10.2 Å². The van der Waals surface area contributed by atoms with Crippen molar-refractivity contribution in [3.8, 4) is 0 Å². The summed E-state index contributed by atoms with van der Waals surface area (Å²) in [5, 5.41) is 3.89. The Morgan fingerprint density at radius 1 is 1.64 bits per heavy atom. The van der Waals surface area contributed by atoms with Gasteiger partial charge >= 0.3 is 10.2 Å². The van der Waals surface area contributed by atoms with Crippen LogP contribution < -0.4 is 10.9 Å². The van der Waals surface area contributed by atoms with Crippen LogP contribution in [0.25, 0.3) is 0 Å². The van der Waals surface area contributed by atoms with Gasteiger partial charge in [-0.3, -0.25) is 0 Å². The van der Waals surface area contributed by atoms with E-state index in [0.717, 1.165) is 0 Å². The van der Waals surface area contributed by atoms with Gasteiger partial charge in [0.15, 0.2) is 0 Å². The Hall–Kier alpha value is -0.0400. The molecule has 0 aliphatic rings. The Labute approximate surface area is 76.4 Å². The molecular formula is C3H9Cl2N3O2S. The van der Waals surface area contributed by atoms with Gasteiger partial charge in [-0.1, -0.05) is 0 Å². The zero-order valence-corrected chi connectivity index (χ0v) is 8.08. The minimum absolute atomic E-state index is 0. The smallest absolute Gasteiger partial charge is 0.318 e. The van der Waals surface area contributed by atoms with E-state index in [2.05, 4.69) is 9.54 Å². The van der Waals surface area contributed by atoms with Crippen LogP contribution >= 0.6 is 24.0 Å². The molecule has 8 heteroatoms. The molecule has 4 N–H and O–H groups in total. The molecule has 5 nitrogen and oxygen atoms in total. The van der Waals surface area contributed by atoms with Crippen LogP contribution in [0.3, 0.4) is 0 Å². The summed E-state index contributed by atoms with van der Waals surface area (Å²) in [6.07, 6.45) is 0. The molecule has 1 atom stereocenters. The van der Waals surface area contributed by atoms with E-state index in [1.807, 2.05) is 0 Å². The van der Waals surface area contributed by atoms with E-state index in [-0.39, 0.29) is 18.2 Å². The third kappa shape index (κ3) is 7.86. The summed E-state index contributed by atoms with van der Waals surface area (Å²) in [7, 11) is -3.89. The number of hydrogen-bond donors (Lipinski definition) is 2. The fourth-order valence-electron chi connectivity index (χ4n) is 0.220. The maximum Gasteiger partial charge on any atom is 0.318 e. The topological polar surface area (TPSA) is 98.5 Å². The molecule has 0 saturated carbocycles. The molecule has 0 spiro atoms. The lowest BCUT2D eigenvalue weighted by Crippen LogP contribution is -2.25. The molecule has 0 aliphatic carbocycles. The molecule has 0 aromatic heterocycles. The summed E-state index contributed by atoms with van der Waals surface area (Å²) >= 11 is 5.36. The minimum atomic E-state index is -3.89. The minimum Gasteiger partial charge on any atom is -0.385 e. The van der Waals surface area contributed by atoms with Crippen LogP contribution in [0.2, 0.25) is 0 Å². The van der Waals surface area contributed by atoms with Gasteiger partial charge in [0.1, 0.15) is 5.84 Å². The Balaban J connectivity index is 0. The Bertz CT molecular complexity index is 235. The zero-order chi connectivity index (χ0) is 8.36. The number of hydrogen-bond acceptors (Lipinski definition) is 2. The maximum absolute atomic E-state index is 10.2. The lowest BCUT2D eigenvalue weighted by atomic mass is 10.5. The highest BCUT2D eigenvalue weighted by atomic mass is 35.5. The van der Waals surface area contributed by atoms with Crippen molar-refractivity contribution in [3.63, 3.8) is 0 Å². The normalized spacial score (nSPS) is 15.4. The Kier molecular flexibility index (Phi) is 5.86. The standard InChI is InChI=1S/C3H8ClN3O2S.ClH/c1-2(4)3(5)7-10(6,8)9;/h2H,1H3,(H2,5,7)(H2,6,8,9);1H. The Morgan fingerprint density at radius 3 is 2.09 bits per heavy atom. The largest absolute Gasteiger partial charge is 0.385 e. The third-order valence-electron chi connectivity index (χ3n) is 0.640. The van der Waals surface area contributed by atoms with Gasteiger partial charge in [0.05, 0.1) is 5.38 Å². The number of nitrogens with zero attached hydrogens (tertiary/aromatic N) is 1. The zero-order valence-electron chi connectivity index (χ0n) is 5.69. The molecular weight excluding hydrogens is 213 g/mol. The fourth-order valence-corrected chi connectivity index (χ4v) is 0.778. The van der Waals surface area contributed by atoms with Crippen molar-refractivity contribution < 1.29 is 8.42 Å². The van der Waals surface area contributed by atoms with Crippen LogP contribution in [0.1, 0.15) is 6.92 Å². The second-order valence-corrected chi connectivity index (χ2v) is 3.51. The first-order chi connectivity index (χ1) is 4.33. The summed E-state index contributed by atoms with van der Waals surface area (Å²) in [4.78, 5) is 0. The van der Waals surface area contributed by atoms with Crippen LogP contribution in [-0.4, -0.2) is 19.6 Å². The molecule has 0 aliphatic heterocycles. The van der Waals surface area contributed by atoms with Crippen LogP contribution in [0.5, 0.6) is 0 Å². The first-order valence-electron chi connectivity index (χ1n) is 2.35. The van der Waals surface area contributed by atoms with Crippen LogP contribution in [0.15, 0.2) is 4.40 Å². The van der Waals surface area contributed by atoms with Gasteiger partial charge in [0.25, 0.3) is 0 Å². The third-order valence-corrected chi connectivity index (χ3v) is 1.33.